The second-order valence-electron chi connectivity index (χ2n) is 4.75. The molecule has 1 N–H and O–H groups in total. The molecule has 0 aliphatic carbocycles. The Morgan fingerprint density at radius 1 is 1.50 bits per heavy atom. The lowest BCUT2D eigenvalue weighted by atomic mass is 9.97. The first-order chi connectivity index (χ1) is 9.44. The summed E-state index contributed by atoms with van der Waals surface area (Å²) in [6.45, 7) is 7.54. The Hall–Kier alpha value is -1.88. The molecule has 1 heterocycles. The number of carbonyl (C=O) groups excluding carboxylic acids is 1. The van der Waals surface area contributed by atoms with E-state index in [1.807, 2.05) is 19.9 Å². The molecule has 0 spiro atoms. The highest BCUT2D eigenvalue weighted by molar-refractivity contribution is 5.90. The Balaban J connectivity index is 3.19. The van der Waals surface area contributed by atoms with E-state index >= 15 is 0 Å². The zero-order chi connectivity index (χ0) is 15.3. The molecule has 0 aliphatic heterocycles. The molecule has 20 heavy (non-hydrogen) atoms. The third-order valence-corrected chi connectivity index (χ3v) is 3.08. The zero-order valence-corrected chi connectivity index (χ0v) is 12.4. The van der Waals surface area contributed by atoms with Crippen LogP contribution < -0.4 is 4.74 Å². The quantitative estimate of drug-likeness (QED) is 0.639. The van der Waals surface area contributed by atoms with Gasteiger partial charge >= 0.3 is 5.97 Å². The van der Waals surface area contributed by atoms with Crippen molar-refractivity contribution in [1.82, 2.24) is 4.98 Å². The van der Waals surface area contributed by atoms with Crippen LogP contribution in [0.1, 0.15) is 41.0 Å². The lowest BCUT2D eigenvalue weighted by Crippen LogP contribution is -2.12. The average molecular weight is 279 g/mol. The van der Waals surface area contributed by atoms with Gasteiger partial charge in [-0.2, -0.15) is 0 Å². The Morgan fingerprint density at radius 3 is 2.65 bits per heavy atom. The van der Waals surface area contributed by atoms with E-state index in [4.69, 9.17) is 14.6 Å². The lowest BCUT2D eigenvalue weighted by Gasteiger charge is -2.16. The number of aryl methyl sites for hydroxylation is 1. The van der Waals surface area contributed by atoms with Crippen LogP contribution in [0.25, 0.3) is 0 Å². The normalized spacial score (nSPS) is 11.8. The number of aromatic nitrogens is 1. The third kappa shape index (κ3) is 3.57. The Bertz CT molecular complexity index is 511. The van der Waals surface area contributed by atoms with Gasteiger partial charge in [0.05, 0.1) is 20.8 Å². The minimum Gasteiger partial charge on any atom is -0.494 e. The fourth-order valence-electron chi connectivity index (χ4n) is 2.03. The molecule has 110 valence electrons. The molecular formula is C15H21NO4. The highest BCUT2D eigenvalue weighted by atomic mass is 16.5. The number of aliphatic hydroxyl groups is 1. The van der Waals surface area contributed by atoms with Gasteiger partial charge < -0.3 is 14.6 Å². The summed E-state index contributed by atoms with van der Waals surface area (Å²) in [7, 11) is 2.80. The van der Waals surface area contributed by atoms with Crippen LogP contribution in [0.4, 0.5) is 0 Å². The van der Waals surface area contributed by atoms with Gasteiger partial charge in [-0.15, -0.1) is 0 Å². The van der Waals surface area contributed by atoms with Gasteiger partial charge in [0.1, 0.15) is 0 Å². The third-order valence-electron chi connectivity index (χ3n) is 3.08. The number of esters is 1. The largest absolute Gasteiger partial charge is 0.494 e. The minimum absolute atomic E-state index is 0.0441. The smallest absolute Gasteiger partial charge is 0.360 e. The second kappa shape index (κ2) is 7.05. The predicted octanol–water partition coefficient (Wildman–Crippen LogP) is 2.23. The summed E-state index contributed by atoms with van der Waals surface area (Å²) in [5, 5.41) is 9.03. The van der Waals surface area contributed by atoms with Gasteiger partial charge in [-0.05, 0) is 25.0 Å². The number of aliphatic hydroxyl groups excluding tert-OH is 1. The molecule has 1 unspecified atom stereocenters. The standard InChI is InChI=1S/C15H21NO4/c1-9(8-17)6-10(2)12-7-11(3)14(19-4)13(16-12)15(18)20-5/h7,10,17H,1,6,8H2,2-5H3. The number of nitrogens with zero attached hydrogens (tertiary/aromatic N) is 1. The van der Waals surface area contributed by atoms with E-state index in [2.05, 4.69) is 11.6 Å². The van der Waals surface area contributed by atoms with Crippen LogP contribution in [0.15, 0.2) is 18.2 Å². The molecule has 0 bridgehead atoms. The van der Waals surface area contributed by atoms with E-state index in [0.29, 0.717) is 12.2 Å². The van der Waals surface area contributed by atoms with Crippen LogP contribution >= 0.6 is 0 Å². The molecule has 1 atom stereocenters. The maximum atomic E-state index is 11.8. The van der Waals surface area contributed by atoms with Gasteiger partial charge in [-0.3, -0.25) is 0 Å². The summed E-state index contributed by atoms with van der Waals surface area (Å²) in [4.78, 5) is 16.1. The summed E-state index contributed by atoms with van der Waals surface area (Å²) in [6.07, 6.45) is 0.607. The van der Waals surface area contributed by atoms with Crippen LogP contribution in [0.3, 0.4) is 0 Å². The maximum absolute atomic E-state index is 11.8. The summed E-state index contributed by atoms with van der Waals surface area (Å²) in [6, 6.07) is 1.88. The summed E-state index contributed by atoms with van der Waals surface area (Å²) >= 11 is 0. The highest BCUT2D eigenvalue weighted by Crippen LogP contribution is 2.28. The van der Waals surface area contributed by atoms with Gasteiger partial charge in [0.15, 0.2) is 11.4 Å². The number of pyridine rings is 1. The van der Waals surface area contributed by atoms with Crippen LogP contribution in [-0.2, 0) is 4.74 Å². The zero-order valence-electron chi connectivity index (χ0n) is 12.4. The van der Waals surface area contributed by atoms with Crippen LogP contribution in [0.2, 0.25) is 0 Å². The number of methoxy groups -OCH3 is 2. The van der Waals surface area contributed by atoms with Crippen molar-refractivity contribution in [3.63, 3.8) is 0 Å². The monoisotopic (exact) mass is 279 g/mol. The van der Waals surface area contributed by atoms with Crippen LogP contribution in [-0.4, -0.2) is 36.9 Å². The minimum atomic E-state index is -0.528. The molecule has 1 aromatic heterocycles. The molecule has 0 saturated carbocycles. The average Bonchev–Trinajstić information content (AvgIpc) is 2.45. The lowest BCUT2D eigenvalue weighted by molar-refractivity contribution is 0.0589. The summed E-state index contributed by atoms with van der Waals surface area (Å²) in [5.41, 5.74) is 2.47. The van der Waals surface area contributed by atoms with Gasteiger partial charge in [0.2, 0.25) is 0 Å². The molecule has 0 fully saturated rings. The molecule has 0 aromatic carbocycles. The first-order valence-electron chi connectivity index (χ1n) is 6.35. The number of rotatable bonds is 6. The maximum Gasteiger partial charge on any atom is 0.360 e. The number of hydrogen-bond acceptors (Lipinski definition) is 5. The number of ether oxygens (including phenoxy) is 2. The Kier molecular flexibility index (Phi) is 5.70. The van der Waals surface area contributed by atoms with E-state index in [1.165, 1.54) is 14.2 Å². The van der Waals surface area contributed by atoms with Crippen molar-refractivity contribution in [1.29, 1.82) is 0 Å². The molecule has 0 aliphatic rings. The highest BCUT2D eigenvalue weighted by Gasteiger charge is 2.20. The number of hydrogen-bond donors (Lipinski definition) is 1. The van der Waals surface area contributed by atoms with Gasteiger partial charge in [0, 0.05) is 11.6 Å². The molecule has 1 rings (SSSR count). The van der Waals surface area contributed by atoms with Crippen molar-refractivity contribution in [3.05, 3.63) is 35.2 Å². The van der Waals surface area contributed by atoms with Crippen molar-refractivity contribution in [2.75, 3.05) is 20.8 Å². The SMILES string of the molecule is C=C(CO)CC(C)c1cc(C)c(OC)c(C(=O)OC)n1. The molecule has 5 nitrogen and oxygen atoms in total. The van der Waals surface area contributed by atoms with E-state index < -0.39 is 5.97 Å². The van der Waals surface area contributed by atoms with Crippen LogP contribution in [0.5, 0.6) is 5.75 Å². The topological polar surface area (TPSA) is 68.7 Å². The molecule has 0 amide bonds. The van der Waals surface area contributed by atoms with E-state index in [-0.39, 0.29) is 18.2 Å². The van der Waals surface area contributed by atoms with Crippen molar-refractivity contribution in [3.8, 4) is 5.75 Å². The fraction of sp³-hybridized carbons (Fsp3) is 0.467. The van der Waals surface area contributed by atoms with Crippen molar-refractivity contribution in [2.45, 2.75) is 26.2 Å². The van der Waals surface area contributed by atoms with Crippen molar-refractivity contribution >= 4 is 5.97 Å². The Labute approximate surface area is 119 Å². The molecule has 5 heteroatoms. The van der Waals surface area contributed by atoms with Crippen LogP contribution in [0, 0.1) is 6.92 Å². The molecule has 1 aromatic rings. The second-order valence-corrected chi connectivity index (χ2v) is 4.75. The van der Waals surface area contributed by atoms with Crippen molar-refractivity contribution in [2.24, 2.45) is 0 Å². The number of carbonyl (C=O) groups is 1. The van der Waals surface area contributed by atoms with Gasteiger partial charge in [-0.25, -0.2) is 9.78 Å². The summed E-state index contributed by atoms with van der Waals surface area (Å²) < 4.78 is 9.95. The van der Waals surface area contributed by atoms with Gasteiger partial charge in [0.25, 0.3) is 0 Å². The molecule has 0 saturated heterocycles. The van der Waals surface area contributed by atoms with E-state index in [9.17, 15) is 4.79 Å². The molecular weight excluding hydrogens is 258 g/mol. The van der Waals surface area contributed by atoms with E-state index in [1.54, 1.807) is 0 Å². The van der Waals surface area contributed by atoms with E-state index in [0.717, 1.165) is 16.8 Å². The molecule has 0 radical (unpaired) electrons. The first kappa shape index (κ1) is 16.2. The fourth-order valence-corrected chi connectivity index (χ4v) is 2.03. The van der Waals surface area contributed by atoms with Crippen molar-refractivity contribution < 1.29 is 19.4 Å². The first-order valence-corrected chi connectivity index (χ1v) is 6.35. The van der Waals surface area contributed by atoms with Gasteiger partial charge in [-0.1, -0.05) is 19.1 Å². The summed E-state index contributed by atoms with van der Waals surface area (Å²) in [5.74, 6) is -0.0589. The predicted molar refractivity (Wildman–Crippen MR) is 76.1 cm³/mol. The Morgan fingerprint density at radius 2 is 2.15 bits per heavy atom.